The molecule has 0 aliphatic carbocycles. The van der Waals surface area contributed by atoms with Crippen molar-refractivity contribution in [3.63, 3.8) is 0 Å². The maximum absolute atomic E-state index is 5.38. The molecule has 0 radical (unpaired) electrons. The molecule has 2 rings (SSSR count). The molecule has 140 valence electrons. The molecule has 0 spiro atoms. The first-order valence-corrected chi connectivity index (χ1v) is 8.35. The lowest BCUT2D eigenvalue weighted by molar-refractivity contribution is 0.323. The highest BCUT2D eigenvalue weighted by molar-refractivity contribution is 5.79. The van der Waals surface area contributed by atoms with Crippen LogP contribution in [0.4, 0.5) is 0 Å². The monoisotopic (exact) mass is 358 g/mol. The van der Waals surface area contributed by atoms with Crippen LogP contribution in [-0.4, -0.2) is 45.9 Å². The summed E-state index contributed by atoms with van der Waals surface area (Å²) < 4.78 is 16.1. The van der Waals surface area contributed by atoms with E-state index in [1.165, 1.54) is 0 Å². The van der Waals surface area contributed by atoms with Gasteiger partial charge in [0.05, 0.1) is 21.3 Å². The van der Waals surface area contributed by atoms with Crippen molar-refractivity contribution in [2.45, 2.75) is 13.0 Å². The Balaban J connectivity index is 1.93. The second-order valence-corrected chi connectivity index (χ2v) is 5.46. The van der Waals surface area contributed by atoms with E-state index in [4.69, 9.17) is 14.2 Å². The Labute approximate surface area is 154 Å². The molecule has 1 heterocycles. The van der Waals surface area contributed by atoms with Crippen LogP contribution in [0.15, 0.2) is 41.5 Å². The van der Waals surface area contributed by atoms with Gasteiger partial charge in [0.15, 0.2) is 17.5 Å². The third kappa shape index (κ3) is 5.27. The lowest BCUT2D eigenvalue weighted by Crippen LogP contribution is -2.37. The first-order chi connectivity index (χ1) is 12.7. The molecule has 2 aromatic rings. The van der Waals surface area contributed by atoms with E-state index in [2.05, 4.69) is 20.6 Å². The summed E-state index contributed by atoms with van der Waals surface area (Å²) in [6.07, 6.45) is 2.62. The topological polar surface area (TPSA) is 77.0 Å². The van der Waals surface area contributed by atoms with Gasteiger partial charge in [-0.05, 0) is 29.8 Å². The molecule has 0 atom stereocenters. The van der Waals surface area contributed by atoms with Crippen LogP contribution in [0.2, 0.25) is 0 Å². The van der Waals surface area contributed by atoms with E-state index in [-0.39, 0.29) is 0 Å². The Hall–Kier alpha value is -2.96. The van der Waals surface area contributed by atoms with E-state index in [0.29, 0.717) is 23.8 Å². The van der Waals surface area contributed by atoms with E-state index in [1.54, 1.807) is 34.6 Å². The van der Waals surface area contributed by atoms with Crippen LogP contribution in [0.5, 0.6) is 17.2 Å². The third-order valence-corrected chi connectivity index (χ3v) is 3.81. The molecule has 2 N–H and O–H groups in total. The number of ether oxygens (including phenoxy) is 3. The van der Waals surface area contributed by atoms with Crippen LogP contribution >= 0.6 is 0 Å². The number of hydrogen-bond acceptors (Lipinski definition) is 5. The molecular weight excluding hydrogens is 332 g/mol. The highest BCUT2D eigenvalue weighted by Crippen LogP contribution is 2.38. The van der Waals surface area contributed by atoms with E-state index in [1.807, 2.05) is 30.3 Å². The maximum Gasteiger partial charge on any atom is 0.203 e. The van der Waals surface area contributed by atoms with Crippen molar-refractivity contribution in [1.29, 1.82) is 0 Å². The van der Waals surface area contributed by atoms with Gasteiger partial charge in [0.1, 0.15) is 0 Å². The molecule has 1 aromatic carbocycles. The fourth-order valence-corrected chi connectivity index (χ4v) is 2.50. The molecule has 0 amide bonds. The second-order valence-electron chi connectivity index (χ2n) is 5.46. The van der Waals surface area contributed by atoms with Crippen molar-refractivity contribution in [1.82, 2.24) is 15.6 Å². The van der Waals surface area contributed by atoms with Crippen LogP contribution in [0, 0.1) is 0 Å². The highest BCUT2D eigenvalue weighted by Gasteiger charge is 2.13. The van der Waals surface area contributed by atoms with Gasteiger partial charge < -0.3 is 24.8 Å². The molecular formula is C19H26N4O3. The zero-order chi connectivity index (χ0) is 18.8. The van der Waals surface area contributed by atoms with Crippen LogP contribution < -0.4 is 24.8 Å². The summed E-state index contributed by atoms with van der Waals surface area (Å²) in [5.74, 6) is 2.55. The summed E-state index contributed by atoms with van der Waals surface area (Å²) in [6.45, 7) is 1.31. The molecule has 0 saturated carbocycles. The van der Waals surface area contributed by atoms with Crippen molar-refractivity contribution in [2.75, 3.05) is 34.9 Å². The molecule has 0 unspecified atom stereocenters. The number of nitrogens with zero attached hydrogens (tertiary/aromatic N) is 2. The predicted octanol–water partition coefficient (Wildman–Crippen LogP) is 2.02. The standard InChI is InChI=1S/C19H26N4O3/c1-20-19(22-10-8-15-7-5-6-9-21-15)23-13-14-11-16(24-2)18(26-4)17(12-14)25-3/h5-7,9,11-12H,8,10,13H2,1-4H3,(H2,20,22,23). The number of hydrogen-bond donors (Lipinski definition) is 2. The number of guanidine groups is 1. The Morgan fingerprint density at radius 1 is 1.04 bits per heavy atom. The van der Waals surface area contributed by atoms with Crippen molar-refractivity contribution in [2.24, 2.45) is 4.99 Å². The van der Waals surface area contributed by atoms with Gasteiger partial charge in [-0.1, -0.05) is 6.07 Å². The minimum Gasteiger partial charge on any atom is -0.493 e. The number of aliphatic imine (C=N–C) groups is 1. The normalized spacial score (nSPS) is 11.0. The average molecular weight is 358 g/mol. The molecule has 0 aliphatic heterocycles. The van der Waals surface area contributed by atoms with E-state index in [9.17, 15) is 0 Å². The largest absolute Gasteiger partial charge is 0.493 e. The zero-order valence-corrected chi connectivity index (χ0v) is 15.7. The van der Waals surface area contributed by atoms with Gasteiger partial charge in [-0.25, -0.2) is 0 Å². The quantitative estimate of drug-likeness (QED) is 0.555. The number of benzene rings is 1. The molecule has 0 fully saturated rings. The third-order valence-electron chi connectivity index (χ3n) is 3.81. The van der Waals surface area contributed by atoms with Gasteiger partial charge in [0, 0.05) is 38.4 Å². The fraction of sp³-hybridized carbons (Fsp3) is 0.368. The molecule has 0 bridgehead atoms. The summed E-state index contributed by atoms with van der Waals surface area (Å²) in [5.41, 5.74) is 2.03. The number of methoxy groups -OCH3 is 3. The predicted molar refractivity (Wildman–Crippen MR) is 102 cm³/mol. The summed E-state index contributed by atoms with van der Waals surface area (Å²) in [5, 5.41) is 6.56. The first kappa shape index (κ1) is 19.4. The van der Waals surface area contributed by atoms with Gasteiger partial charge >= 0.3 is 0 Å². The smallest absolute Gasteiger partial charge is 0.203 e. The molecule has 7 heteroatoms. The molecule has 0 saturated heterocycles. The van der Waals surface area contributed by atoms with Crippen LogP contribution in [0.3, 0.4) is 0 Å². The summed E-state index contributed by atoms with van der Waals surface area (Å²) in [7, 11) is 6.54. The van der Waals surface area contributed by atoms with E-state index >= 15 is 0 Å². The second kappa shape index (κ2) is 10.1. The molecule has 0 aliphatic rings. The van der Waals surface area contributed by atoms with Gasteiger partial charge in [-0.15, -0.1) is 0 Å². The van der Waals surface area contributed by atoms with Crippen LogP contribution in [0.1, 0.15) is 11.3 Å². The number of rotatable bonds is 8. The molecule has 26 heavy (non-hydrogen) atoms. The lowest BCUT2D eigenvalue weighted by atomic mass is 10.2. The number of aromatic nitrogens is 1. The first-order valence-electron chi connectivity index (χ1n) is 8.35. The average Bonchev–Trinajstić information content (AvgIpc) is 2.70. The van der Waals surface area contributed by atoms with Gasteiger partial charge in [0.25, 0.3) is 0 Å². The number of nitrogens with one attached hydrogen (secondary N) is 2. The summed E-state index contributed by atoms with van der Waals surface area (Å²) in [4.78, 5) is 8.55. The number of pyridine rings is 1. The minimum absolute atomic E-state index is 0.569. The summed E-state index contributed by atoms with van der Waals surface area (Å²) >= 11 is 0. The van der Waals surface area contributed by atoms with Crippen LogP contribution in [-0.2, 0) is 13.0 Å². The van der Waals surface area contributed by atoms with E-state index in [0.717, 1.165) is 30.2 Å². The minimum atomic E-state index is 0.569. The SMILES string of the molecule is CN=C(NCCc1ccccn1)NCc1cc(OC)c(OC)c(OC)c1. The van der Waals surface area contributed by atoms with E-state index < -0.39 is 0 Å². The highest BCUT2D eigenvalue weighted by atomic mass is 16.5. The van der Waals surface area contributed by atoms with Crippen molar-refractivity contribution >= 4 is 5.96 Å². The molecule has 7 nitrogen and oxygen atoms in total. The Bertz CT molecular complexity index is 695. The zero-order valence-electron chi connectivity index (χ0n) is 15.7. The van der Waals surface area contributed by atoms with Gasteiger partial charge in [-0.3, -0.25) is 9.98 Å². The summed E-state index contributed by atoms with van der Waals surface area (Å²) in [6, 6.07) is 9.73. The molecule has 1 aromatic heterocycles. The van der Waals surface area contributed by atoms with Crippen molar-refractivity contribution in [3.05, 3.63) is 47.8 Å². The Morgan fingerprint density at radius 2 is 1.77 bits per heavy atom. The Morgan fingerprint density at radius 3 is 2.31 bits per heavy atom. The lowest BCUT2D eigenvalue weighted by Gasteiger charge is -2.16. The van der Waals surface area contributed by atoms with Gasteiger partial charge in [-0.2, -0.15) is 0 Å². The van der Waals surface area contributed by atoms with Gasteiger partial charge in [0.2, 0.25) is 5.75 Å². The van der Waals surface area contributed by atoms with Crippen LogP contribution in [0.25, 0.3) is 0 Å². The Kier molecular flexibility index (Phi) is 7.54. The van der Waals surface area contributed by atoms with Crippen molar-refractivity contribution < 1.29 is 14.2 Å². The fourth-order valence-electron chi connectivity index (χ4n) is 2.50. The van der Waals surface area contributed by atoms with Crippen molar-refractivity contribution in [3.8, 4) is 17.2 Å². The maximum atomic E-state index is 5.38.